The van der Waals surface area contributed by atoms with Gasteiger partial charge >= 0.3 is 0 Å². The summed E-state index contributed by atoms with van der Waals surface area (Å²) in [4.78, 5) is 17.6. The highest BCUT2D eigenvalue weighted by atomic mass is 35.5. The van der Waals surface area contributed by atoms with Crippen molar-refractivity contribution < 1.29 is 4.79 Å². The lowest BCUT2D eigenvalue weighted by Crippen LogP contribution is -2.20. The number of hydrogen-bond acceptors (Lipinski definition) is 4. The molecule has 2 aromatic rings. The summed E-state index contributed by atoms with van der Waals surface area (Å²) >= 11 is 6.07. The number of amides is 1. The zero-order valence-corrected chi connectivity index (χ0v) is 13.8. The number of benzene rings is 1. The first-order valence-electron chi connectivity index (χ1n) is 7.43. The monoisotopic (exact) mass is 328 g/mol. The molecule has 0 atom stereocenters. The van der Waals surface area contributed by atoms with Gasteiger partial charge in [-0.1, -0.05) is 24.6 Å². The minimum Gasteiger partial charge on any atom is -0.315 e. The summed E-state index contributed by atoms with van der Waals surface area (Å²) in [6.07, 6.45) is 2.85. The van der Waals surface area contributed by atoms with E-state index in [-0.39, 0.29) is 5.91 Å². The van der Waals surface area contributed by atoms with Crippen LogP contribution in [0.2, 0.25) is 5.02 Å². The lowest BCUT2D eigenvalue weighted by atomic mass is 10.0. The summed E-state index contributed by atoms with van der Waals surface area (Å²) < 4.78 is 0. The number of nitrogens with one attached hydrogen (secondary N) is 1. The van der Waals surface area contributed by atoms with Crippen LogP contribution in [-0.4, -0.2) is 23.7 Å². The quantitative estimate of drug-likeness (QED) is 0.690. The summed E-state index contributed by atoms with van der Waals surface area (Å²) in [5.41, 5.74) is 6.80. The van der Waals surface area contributed by atoms with Crippen LogP contribution < -0.4 is 10.3 Å². The Morgan fingerprint density at radius 3 is 3.00 bits per heavy atom. The van der Waals surface area contributed by atoms with Crippen molar-refractivity contribution >= 4 is 34.7 Å². The molecule has 0 saturated heterocycles. The molecule has 6 heteroatoms. The smallest absolute Gasteiger partial charge is 0.231 e. The van der Waals surface area contributed by atoms with Gasteiger partial charge in [0.15, 0.2) is 5.82 Å². The number of fused-ring (bicyclic) bond motifs is 1. The molecule has 1 aromatic heterocycles. The van der Waals surface area contributed by atoms with E-state index in [1.54, 1.807) is 30.3 Å². The van der Waals surface area contributed by atoms with Crippen molar-refractivity contribution in [3.05, 3.63) is 52.7 Å². The summed E-state index contributed by atoms with van der Waals surface area (Å²) in [7, 11) is 1.80. The van der Waals surface area contributed by atoms with Gasteiger partial charge in [0, 0.05) is 18.9 Å². The van der Waals surface area contributed by atoms with Gasteiger partial charge in [0.05, 0.1) is 17.2 Å². The van der Waals surface area contributed by atoms with Crippen molar-refractivity contribution in [1.82, 2.24) is 4.98 Å². The van der Waals surface area contributed by atoms with Crippen molar-refractivity contribution in [1.29, 1.82) is 0 Å². The van der Waals surface area contributed by atoms with Gasteiger partial charge in [-0.05, 0) is 41.8 Å². The van der Waals surface area contributed by atoms with E-state index in [0.29, 0.717) is 17.3 Å². The maximum atomic E-state index is 11.8. The van der Waals surface area contributed by atoms with Gasteiger partial charge in [-0.3, -0.25) is 10.2 Å². The highest BCUT2D eigenvalue weighted by Crippen LogP contribution is 2.29. The Hall–Kier alpha value is -2.40. The van der Waals surface area contributed by atoms with Crippen LogP contribution in [0.1, 0.15) is 24.5 Å². The Balaban J connectivity index is 1.87. The molecule has 0 spiro atoms. The normalized spacial score (nSPS) is 14.1. The Bertz CT molecular complexity index is 788. The molecule has 1 N–H and O–H groups in total. The second-order valence-corrected chi connectivity index (χ2v) is 5.74. The number of nitrogens with zero attached hydrogens (tertiary/aromatic N) is 3. The van der Waals surface area contributed by atoms with Crippen LogP contribution in [0.25, 0.3) is 0 Å². The van der Waals surface area contributed by atoms with E-state index in [9.17, 15) is 4.79 Å². The fourth-order valence-electron chi connectivity index (χ4n) is 2.59. The fourth-order valence-corrected chi connectivity index (χ4v) is 2.75. The van der Waals surface area contributed by atoms with Crippen LogP contribution >= 0.6 is 11.6 Å². The number of hydrazone groups is 1. The van der Waals surface area contributed by atoms with Crippen molar-refractivity contribution in [3.8, 4) is 0 Å². The Kier molecular flexibility index (Phi) is 4.30. The molecular weight excluding hydrogens is 312 g/mol. The number of pyridine rings is 1. The van der Waals surface area contributed by atoms with Crippen LogP contribution in [0, 0.1) is 0 Å². The first-order chi connectivity index (χ1) is 11.1. The number of carbonyl (C=O) groups is 1. The molecule has 2 heterocycles. The highest BCUT2D eigenvalue weighted by Gasteiger charge is 2.24. The molecule has 5 nitrogen and oxygen atoms in total. The zero-order chi connectivity index (χ0) is 16.4. The predicted octanol–water partition coefficient (Wildman–Crippen LogP) is 3.48. The maximum absolute atomic E-state index is 11.8. The van der Waals surface area contributed by atoms with E-state index in [2.05, 4.69) is 15.5 Å². The van der Waals surface area contributed by atoms with Gasteiger partial charge in [0.25, 0.3) is 0 Å². The zero-order valence-electron chi connectivity index (χ0n) is 13.0. The average molecular weight is 329 g/mol. The lowest BCUT2D eigenvalue weighted by Gasteiger charge is -2.11. The molecule has 0 aliphatic carbocycles. The third kappa shape index (κ3) is 3.05. The number of anilines is 2. The van der Waals surface area contributed by atoms with Gasteiger partial charge in [-0.15, -0.1) is 0 Å². The SMILES string of the molecule is CC/C(=N\Nc1ncccc1Cl)c1ccc2c(c1)CC(=O)N2C. The predicted molar refractivity (Wildman–Crippen MR) is 93.3 cm³/mol. The molecular formula is C17H17ClN4O. The van der Waals surface area contributed by atoms with Gasteiger partial charge in [0.2, 0.25) is 5.91 Å². The Morgan fingerprint density at radius 1 is 1.43 bits per heavy atom. The molecule has 23 heavy (non-hydrogen) atoms. The van der Waals surface area contributed by atoms with Crippen LogP contribution in [0.15, 0.2) is 41.6 Å². The third-order valence-electron chi connectivity index (χ3n) is 3.88. The summed E-state index contributed by atoms with van der Waals surface area (Å²) in [6, 6.07) is 9.51. The van der Waals surface area contributed by atoms with Gasteiger partial charge in [-0.2, -0.15) is 5.10 Å². The molecule has 118 valence electrons. The highest BCUT2D eigenvalue weighted by molar-refractivity contribution is 6.32. The fraction of sp³-hybridized carbons (Fsp3) is 0.235. The van der Waals surface area contributed by atoms with E-state index in [1.165, 1.54) is 0 Å². The van der Waals surface area contributed by atoms with Crippen molar-refractivity contribution in [2.24, 2.45) is 5.10 Å². The Morgan fingerprint density at radius 2 is 2.26 bits per heavy atom. The van der Waals surface area contributed by atoms with Gasteiger partial charge < -0.3 is 4.90 Å². The standard InChI is InChI=1S/C17H17ClN4O/c1-3-14(20-21-17-13(18)5-4-8-19-17)11-6-7-15-12(9-11)10-16(23)22(15)2/h4-9H,3,10H2,1-2H3,(H,19,21)/b20-14+. The largest absolute Gasteiger partial charge is 0.315 e. The van der Waals surface area contributed by atoms with Gasteiger partial charge in [-0.25, -0.2) is 4.98 Å². The topological polar surface area (TPSA) is 57.6 Å². The number of hydrogen-bond donors (Lipinski definition) is 1. The number of aromatic nitrogens is 1. The van der Waals surface area contributed by atoms with Gasteiger partial charge in [0.1, 0.15) is 0 Å². The summed E-state index contributed by atoms with van der Waals surface area (Å²) in [5.74, 6) is 0.640. The van der Waals surface area contributed by atoms with E-state index >= 15 is 0 Å². The molecule has 0 unspecified atom stereocenters. The number of rotatable bonds is 4. The van der Waals surface area contributed by atoms with Crippen LogP contribution in [0.5, 0.6) is 0 Å². The molecule has 3 rings (SSSR count). The first-order valence-corrected chi connectivity index (χ1v) is 7.81. The average Bonchev–Trinajstić information content (AvgIpc) is 2.84. The lowest BCUT2D eigenvalue weighted by molar-refractivity contribution is -0.117. The third-order valence-corrected chi connectivity index (χ3v) is 4.18. The summed E-state index contributed by atoms with van der Waals surface area (Å²) in [5, 5.41) is 4.95. The maximum Gasteiger partial charge on any atom is 0.231 e. The molecule has 1 aliphatic heterocycles. The van der Waals surface area contributed by atoms with E-state index in [4.69, 9.17) is 11.6 Å². The van der Waals surface area contributed by atoms with Crippen LogP contribution in [0.3, 0.4) is 0 Å². The van der Waals surface area contributed by atoms with Crippen LogP contribution in [-0.2, 0) is 11.2 Å². The molecule has 0 radical (unpaired) electrons. The molecule has 0 fully saturated rings. The molecule has 0 bridgehead atoms. The number of halogens is 1. The minimum absolute atomic E-state index is 0.116. The Labute approximate surface area is 140 Å². The van der Waals surface area contributed by atoms with Crippen LogP contribution in [0.4, 0.5) is 11.5 Å². The van der Waals surface area contributed by atoms with E-state index < -0.39 is 0 Å². The molecule has 0 saturated carbocycles. The molecule has 1 amide bonds. The molecule has 1 aliphatic rings. The minimum atomic E-state index is 0.116. The van der Waals surface area contributed by atoms with Crippen molar-refractivity contribution in [2.75, 3.05) is 17.4 Å². The van der Waals surface area contributed by atoms with Crippen molar-refractivity contribution in [3.63, 3.8) is 0 Å². The molecule has 1 aromatic carbocycles. The second-order valence-electron chi connectivity index (χ2n) is 5.33. The first kappa shape index (κ1) is 15.5. The van der Waals surface area contributed by atoms with Crippen molar-refractivity contribution in [2.45, 2.75) is 19.8 Å². The van der Waals surface area contributed by atoms with E-state index in [0.717, 1.165) is 28.9 Å². The second kappa shape index (κ2) is 6.38. The summed E-state index contributed by atoms with van der Waals surface area (Å²) in [6.45, 7) is 2.03. The number of carbonyl (C=O) groups excluding carboxylic acids is 1. The number of likely N-dealkylation sites (N-methyl/N-ethyl adjacent to an activating group) is 1. The van der Waals surface area contributed by atoms with E-state index in [1.807, 2.05) is 25.1 Å².